The molecule has 0 saturated carbocycles. The van der Waals surface area contributed by atoms with Crippen LogP contribution in [0.15, 0.2) is 23.6 Å². The fourth-order valence-electron chi connectivity index (χ4n) is 0.752. The fraction of sp³-hybridized carbons (Fsp3) is 0.556. The van der Waals surface area contributed by atoms with Gasteiger partial charge in [0.2, 0.25) is 0 Å². The number of hydrogen-bond donors (Lipinski definition) is 1. The van der Waals surface area contributed by atoms with E-state index in [1.54, 1.807) is 44.1 Å². The maximum Gasteiger partial charge on any atom is 0.187 e. The second kappa shape index (κ2) is 4.58. The average molecular weight is 198 g/mol. The van der Waals surface area contributed by atoms with Gasteiger partial charge in [-0.3, -0.25) is 0 Å². The van der Waals surface area contributed by atoms with Crippen LogP contribution in [0.4, 0.5) is 0 Å². The van der Waals surface area contributed by atoms with E-state index in [1.165, 1.54) is 0 Å². The van der Waals surface area contributed by atoms with Gasteiger partial charge in [-0.2, -0.15) is 0 Å². The molecule has 4 heteroatoms. The van der Waals surface area contributed by atoms with Gasteiger partial charge in [0, 0.05) is 18.1 Å². The van der Waals surface area contributed by atoms with Crippen molar-refractivity contribution in [1.82, 2.24) is 9.97 Å². The van der Waals surface area contributed by atoms with Crippen LogP contribution in [-0.4, -0.2) is 26.4 Å². The van der Waals surface area contributed by atoms with Crippen molar-refractivity contribution in [3.05, 3.63) is 18.5 Å². The molecule has 0 radical (unpaired) electrons. The summed E-state index contributed by atoms with van der Waals surface area (Å²) in [7, 11) is 0. The van der Waals surface area contributed by atoms with Crippen molar-refractivity contribution < 1.29 is 5.11 Å². The zero-order valence-electron chi connectivity index (χ0n) is 7.90. The van der Waals surface area contributed by atoms with Crippen molar-refractivity contribution in [1.29, 1.82) is 0 Å². The maximum atomic E-state index is 9.44. The van der Waals surface area contributed by atoms with Crippen LogP contribution < -0.4 is 0 Å². The number of hydrogen-bond acceptors (Lipinski definition) is 4. The van der Waals surface area contributed by atoms with E-state index in [2.05, 4.69) is 9.97 Å². The molecule has 0 aliphatic carbocycles. The normalized spacial score (nSPS) is 11.6. The molecule has 1 aromatic rings. The van der Waals surface area contributed by atoms with Crippen molar-refractivity contribution in [2.75, 3.05) is 5.75 Å². The van der Waals surface area contributed by atoms with Crippen molar-refractivity contribution in [2.45, 2.75) is 31.0 Å². The lowest BCUT2D eigenvalue weighted by Crippen LogP contribution is -2.19. The molecule has 1 rings (SSSR count). The van der Waals surface area contributed by atoms with E-state index in [4.69, 9.17) is 0 Å². The molecule has 0 spiro atoms. The summed E-state index contributed by atoms with van der Waals surface area (Å²) in [6.07, 6.45) is 4.19. The summed E-state index contributed by atoms with van der Waals surface area (Å²) in [6, 6.07) is 1.79. The minimum Gasteiger partial charge on any atom is -0.390 e. The topological polar surface area (TPSA) is 46.0 Å². The quantitative estimate of drug-likeness (QED) is 0.591. The largest absolute Gasteiger partial charge is 0.390 e. The molecule has 0 bridgehead atoms. The van der Waals surface area contributed by atoms with Crippen LogP contribution in [0.3, 0.4) is 0 Å². The second-order valence-corrected chi connectivity index (χ2v) is 4.50. The van der Waals surface area contributed by atoms with Gasteiger partial charge in [-0.15, -0.1) is 0 Å². The lowest BCUT2D eigenvalue weighted by Gasteiger charge is -2.15. The van der Waals surface area contributed by atoms with E-state index in [-0.39, 0.29) is 0 Å². The number of aliphatic hydroxyl groups is 1. The molecule has 3 nitrogen and oxygen atoms in total. The van der Waals surface area contributed by atoms with Gasteiger partial charge in [0.25, 0.3) is 0 Å². The molecule has 0 atom stereocenters. The predicted molar refractivity (Wildman–Crippen MR) is 53.7 cm³/mol. The van der Waals surface area contributed by atoms with Crippen LogP contribution in [0.5, 0.6) is 0 Å². The maximum absolute atomic E-state index is 9.44. The number of rotatable bonds is 4. The molecular weight excluding hydrogens is 184 g/mol. The minimum absolute atomic E-state index is 0.595. The first-order chi connectivity index (χ1) is 6.08. The van der Waals surface area contributed by atoms with E-state index in [1.807, 2.05) is 0 Å². The first-order valence-corrected chi connectivity index (χ1v) is 5.19. The highest BCUT2D eigenvalue weighted by Gasteiger charge is 2.11. The van der Waals surface area contributed by atoms with Gasteiger partial charge < -0.3 is 5.11 Å². The van der Waals surface area contributed by atoms with Crippen molar-refractivity contribution in [2.24, 2.45) is 0 Å². The number of thioether (sulfide) groups is 1. The summed E-state index contributed by atoms with van der Waals surface area (Å²) in [6.45, 7) is 3.61. The van der Waals surface area contributed by atoms with Gasteiger partial charge in [-0.1, -0.05) is 11.8 Å². The molecule has 0 fully saturated rings. The highest BCUT2D eigenvalue weighted by molar-refractivity contribution is 7.99. The zero-order valence-corrected chi connectivity index (χ0v) is 8.71. The summed E-state index contributed by atoms with van der Waals surface area (Å²) < 4.78 is 0. The Hall–Kier alpha value is -0.610. The van der Waals surface area contributed by atoms with Gasteiger partial charge in [-0.25, -0.2) is 9.97 Å². The predicted octanol–water partition coefficient (Wildman–Crippen LogP) is 1.73. The van der Waals surface area contributed by atoms with Gasteiger partial charge in [0.1, 0.15) is 0 Å². The Balaban J connectivity index is 2.29. The van der Waals surface area contributed by atoms with Crippen LogP contribution in [0.2, 0.25) is 0 Å². The van der Waals surface area contributed by atoms with Crippen LogP contribution in [-0.2, 0) is 0 Å². The van der Waals surface area contributed by atoms with E-state index in [9.17, 15) is 5.11 Å². The third-order valence-electron chi connectivity index (χ3n) is 1.49. The second-order valence-electron chi connectivity index (χ2n) is 3.44. The van der Waals surface area contributed by atoms with E-state index in [0.717, 1.165) is 17.3 Å². The minimum atomic E-state index is -0.595. The zero-order chi connectivity index (χ0) is 9.73. The average Bonchev–Trinajstić information content (AvgIpc) is 2.04. The molecule has 1 heterocycles. The summed E-state index contributed by atoms with van der Waals surface area (Å²) in [5.74, 6) is 0.841. The van der Waals surface area contributed by atoms with Gasteiger partial charge in [-0.05, 0) is 26.3 Å². The Bertz CT molecular complexity index is 246. The van der Waals surface area contributed by atoms with Crippen LogP contribution in [0, 0.1) is 0 Å². The molecule has 0 amide bonds. The van der Waals surface area contributed by atoms with Crippen LogP contribution in [0.1, 0.15) is 20.3 Å². The lowest BCUT2D eigenvalue weighted by molar-refractivity contribution is 0.0777. The Morgan fingerprint density at radius 1 is 1.38 bits per heavy atom. The Labute approximate surface area is 82.6 Å². The van der Waals surface area contributed by atoms with Crippen LogP contribution >= 0.6 is 11.8 Å². The molecule has 13 heavy (non-hydrogen) atoms. The molecule has 0 aliphatic rings. The van der Waals surface area contributed by atoms with Crippen LogP contribution in [0.25, 0.3) is 0 Å². The smallest absolute Gasteiger partial charge is 0.187 e. The van der Waals surface area contributed by atoms with Crippen molar-refractivity contribution >= 4 is 11.8 Å². The molecule has 0 aromatic carbocycles. The highest BCUT2D eigenvalue weighted by atomic mass is 32.2. The van der Waals surface area contributed by atoms with Gasteiger partial charge >= 0.3 is 0 Å². The molecule has 0 unspecified atom stereocenters. The van der Waals surface area contributed by atoms with E-state index in [0.29, 0.717) is 0 Å². The summed E-state index contributed by atoms with van der Waals surface area (Å²) >= 11 is 1.57. The fourth-order valence-corrected chi connectivity index (χ4v) is 1.81. The standard InChI is InChI=1S/C9H14N2OS/c1-9(2,12)4-7-13-8-10-5-3-6-11-8/h3,5-6,12H,4,7H2,1-2H3. The van der Waals surface area contributed by atoms with Gasteiger partial charge in [0.15, 0.2) is 5.16 Å². The first kappa shape index (κ1) is 10.5. The van der Waals surface area contributed by atoms with Crippen molar-refractivity contribution in [3.63, 3.8) is 0 Å². The SMILES string of the molecule is CC(C)(O)CCSc1ncccn1. The third-order valence-corrected chi connectivity index (χ3v) is 2.36. The molecule has 1 N–H and O–H groups in total. The van der Waals surface area contributed by atoms with E-state index < -0.39 is 5.60 Å². The molecule has 0 saturated heterocycles. The molecule has 72 valence electrons. The first-order valence-electron chi connectivity index (χ1n) is 4.20. The monoisotopic (exact) mass is 198 g/mol. The van der Waals surface area contributed by atoms with Crippen molar-refractivity contribution in [3.8, 4) is 0 Å². The highest BCUT2D eigenvalue weighted by Crippen LogP contribution is 2.17. The molecule has 0 aliphatic heterocycles. The van der Waals surface area contributed by atoms with E-state index >= 15 is 0 Å². The summed E-state index contributed by atoms with van der Waals surface area (Å²) in [5.41, 5.74) is -0.595. The number of aromatic nitrogens is 2. The lowest BCUT2D eigenvalue weighted by atomic mass is 10.1. The Kier molecular flexibility index (Phi) is 3.69. The summed E-state index contributed by atoms with van der Waals surface area (Å²) in [5, 5.41) is 10.2. The molecular formula is C9H14N2OS. The Morgan fingerprint density at radius 3 is 2.54 bits per heavy atom. The Morgan fingerprint density at radius 2 is 2.00 bits per heavy atom. The third kappa shape index (κ3) is 4.85. The molecule has 1 aromatic heterocycles. The number of nitrogens with zero attached hydrogens (tertiary/aromatic N) is 2. The van der Waals surface area contributed by atoms with Gasteiger partial charge in [0.05, 0.1) is 5.60 Å². The summed E-state index contributed by atoms with van der Waals surface area (Å²) in [4.78, 5) is 8.14.